The van der Waals surface area contributed by atoms with Crippen LogP contribution in [0.4, 0.5) is 10.5 Å². The number of methoxy groups -OCH3 is 1. The number of para-hydroxylation sites is 1. The van der Waals surface area contributed by atoms with Gasteiger partial charge in [0.05, 0.1) is 19.3 Å². The van der Waals surface area contributed by atoms with Crippen molar-refractivity contribution in [1.82, 2.24) is 10.2 Å². The SMILES string of the molecule is COCC(O)CN(C)C(=O)CNC(=O)Nc1ccccc1. The van der Waals surface area contributed by atoms with Crippen molar-refractivity contribution in [3.05, 3.63) is 30.3 Å². The van der Waals surface area contributed by atoms with E-state index in [-0.39, 0.29) is 25.6 Å². The second kappa shape index (κ2) is 8.93. The Kier molecular flexibility index (Phi) is 7.20. The number of urea groups is 1. The van der Waals surface area contributed by atoms with Gasteiger partial charge in [0.2, 0.25) is 5.91 Å². The lowest BCUT2D eigenvalue weighted by atomic mass is 10.3. The Morgan fingerprint density at radius 3 is 2.62 bits per heavy atom. The summed E-state index contributed by atoms with van der Waals surface area (Å²) in [5.41, 5.74) is 0.645. The Labute approximate surface area is 123 Å². The van der Waals surface area contributed by atoms with Crippen molar-refractivity contribution in [2.24, 2.45) is 0 Å². The summed E-state index contributed by atoms with van der Waals surface area (Å²) in [5.74, 6) is -0.298. The second-order valence-electron chi connectivity index (χ2n) is 4.56. The van der Waals surface area contributed by atoms with Gasteiger partial charge in [0.1, 0.15) is 0 Å². The third kappa shape index (κ3) is 6.73. The van der Waals surface area contributed by atoms with Gasteiger partial charge in [-0.1, -0.05) is 18.2 Å². The molecule has 0 heterocycles. The fraction of sp³-hybridized carbons (Fsp3) is 0.429. The van der Waals surface area contributed by atoms with E-state index in [1.807, 2.05) is 6.07 Å². The maximum absolute atomic E-state index is 11.8. The molecule has 21 heavy (non-hydrogen) atoms. The third-order valence-corrected chi connectivity index (χ3v) is 2.70. The van der Waals surface area contributed by atoms with Crippen LogP contribution in [0.5, 0.6) is 0 Å². The molecule has 1 rings (SSSR count). The lowest BCUT2D eigenvalue weighted by Crippen LogP contribution is -2.43. The van der Waals surface area contributed by atoms with Crippen molar-refractivity contribution in [3.63, 3.8) is 0 Å². The number of carbonyl (C=O) groups excluding carboxylic acids is 2. The molecule has 1 aromatic rings. The fourth-order valence-electron chi connectivity index (χ4n) is 1.65. The van der Waals surface area contributed by atoms with Crippen LogP contribution in [0.15, 0.2) is 30.3 Å². The summed E-state index contributed by atoms with van der Waals surface area (Å²) in [6.07, 6.45) is -0.748. The summed E-state index contributed by atoms with van der Waals surface area (Å²) < 4.78 is 4.78. The molecule has 0 aliphatic carbocycles. The van der Waals surface area contributed by atoms with Crippen LogP contribution in [-0.4, -0.2) is 61.9 Å². The molecule has 0 bridgehead atoms. The van der Waals surface area contributed by atoms with Gasteiger partial charge >= 0.3 is 6.03 Å². The zero-order valence-corrected chi connectivity index (χ0v) is 12.2. The van der Waals surface area contributed by atoms with Crippen LogP contribution in [0.25, 0.3) is 0 Å². The minimum Gasteiger partial charge on any atom is -0.389 e. The molecule has 1 unspecified atom stereocenters. The highest BCUT2D eigenvalue weighted by Gasteiger charge is 2.14. The Morgan fingerprint density at radius 1 is 1.33 bits per heavy atom. The van der Waals surface area contributed by atoms with Gasteiger partial charge in [-0.3, -0.25) is 4.79 Å². The van der Waals surface area contributed by atoms with Crippen LogP contribution in [0.1, 0.15) is 0 Å². The van der Waals surface area contributed by atoms with Crippen molar-refractivity contribution in [2.75, 3.05) is 39.2 Å². The van der Waals surface area contributed by atoms with E-state index in [0.717, 1.165) is 0 Å². The number of carbonyl (C=O) groups is 2. The Balaban J connectivity index is 2.30. The predicted molar refractivity (Wildman–Crippen MR) is 79.0 cm³/mol. The average molecular weight is 295 g/mol. The zero-order valence-electron chi connectivity index (χ0n) is 12.2. The molecular weight excluding hydrogens is 274 g/mol. The molecule has 0 aromatic heterocycles. The monoisotopic (exact) mass is 295 g/mol. The number of nitrogens with zero attached hydrogens (tertiary/aromatic N) is 1. The molecule has 7 heteroatoms. The van der Waals surface area contributed by atoms with Crippen LogP contribution in [0.3, 0.4) is 0 Å². The molecule has 3 amide bonds. The number of amides is 3. The maximum atomic E-state index is 11.8. The largest absolute Gasteiger partial charge is 0.389 e. The highest BCUT2D eigenvalue weighted by Crippen LogP contribution is 2.03. The number of aliphatic hydroxyl groups excluding tert-OH is 1. The molecule has 0 spiro atoms. The van der Waals surface area contributed by atoms with Crippen molar-refractivity contribution < 1.29 is 19.4 Å². The average Bonchev–Trinajstić information content (AvgIpc) is 2.46. The molecule has 0 aliphatic rings. The number of hydrogen-bond donors (Lipinski definition) is 3. The van der Waals surface area contributed by atoms with E-state index in [0.29, 0.717) is 5.69 Å². The first-order valence-corrected chi connectivity index (χ1v) is 6.53. The first-order valence-electron chi connectivity index (χ1n) is 6.53. The number of hydrogen-bond acceptors (Lipinski definition) is 4. The predicted octanol–water partition coefficient (Wildman–Crippen LogP) is 0.274. The van der Waals surface area contributed by atoms with E-state index in [9.17, 15) is 14.7 Å². The van der Waals surface area contributed by atoms with Gasteiger partial charge in [0, 0.05) is 26.4 Å². The number of likely N-dealkylation sites (N-methyl/N-ethyl adjacent to an activating group) is 1. The molecule has 0 radical (unpaired) electrons. The van der Waals surface area contributed by atoms with E-state index in [1.165, 1.54) is 12.0 Å². The van der Waals surface area contributed by atoms with Gasteiger partial charge in [-0.05, 0) is 12.1 Å². The van der Waals surface area contributed by atoms with Gasteiger partial charge in [0.15, 0.2) is 0 Å². The number of anilines is 1. The number of benzene rings is 1. The molecule has 0 saturated carbocycles. The number of ether oxygens (including phenoxy) is 1. The third-order valence-electron chi connectivity index (χ3n) is 2.70. The molecule has 1 aromatic carbocycles. The molecule has 3 N–H and O–H groups in total. The summed E-state index contributed by atoms with van der Waals surface area (Å²) in [5, 5.41) is 14.6. The van der Waals surface area contributed by atoms with E-state index >= 15 is 0 Å². The van der Waals surface area contributed by atoms with Crippen LogP contribution >= 0.6 is 0 Å². The Bertz CT molecular complexity index is 453. The van der Waals surface area contributed by atoms with E-state index in [4.69, 9.17) is 4.74 Å². The Morgan fingerprint density at radius 2 is 2.00 bits per heavy atom. The molecular formula is C14H21N3O4. The minimum absolute atomic E-state index is 0.144. The van der Waals surface area contributed by atoms with Gasteiger partial charge in [-0.25, -0.2) is 4.79 Å². The summed E-state index contributed by atoms with van der Waals surface area (Å²) in [4.78, 5) is 24.7. The first kappa shape index (κ1) is 16.9. The molecule has 116 valence electrons. The van der Waals surface area contributed by atoms with Crippen LogP contribution in [0.2, 0.25) is 0 Å². The van der Waals surface area contributed by atoms with Crippen LogP contribution in [-0.2, 0) is 9.53 Å². The molecule has 0 aliphatic heterocycles. The van der Waals surface area contributed by atoms with Gasteiger partial charge in [-0.15, -0.1) is 0 Å². The topological polar surface area (TPSA) is 90.9 Å². The summed E-state index contributed by atoms with van der Waals surface area (Å²) in [7, 11) is 3.03. The van der Waals surface area contributed by atoms with E-state index in [2.05, 4.69) is 10.6 Å². The first-order chi connectivity index (χ1) is 10.0. The lowest BCUT2D eigenvalue weighted by Gasteiger charge is -2.20. The number of aliphatic hydroxyl groups is 1. The summed E-state index contributed by atoms with van der Waals surface area (Å²) in [6, 6.07) is 8.47. The molecule has 7 nitrogen and oxygen atoms in total. The quantitative estimate of drug-likeness (QED) is 0.673. The second-order valence-corrected chi connectivity index (χ2v) is 4.56. The van der Waals surface area contributed by atoms with Gasteiger partial charge < -0.3 is 25.4 Å². The van der Waals surface area contributed by atoms with Crippen molar-refractivity contribution in [3.8, 4) is 0 Å². The van der Waals surface area contributed by atoms with Crippen molar-refractivity contribution in [1.29, 1.82) is 0 Å². The summed E-state index contributed by atoms with van der Waals surface area (Å²) in [6.45, 7) is 0.156. The fourth-order valence-corrected chi connectivity index (χ4v) is 1.65. The Hall–Kier alpha value is -2.12. The number of rotatable bonds is 7. The summed E-state index contributed by atoms with van der Waals surface area (Å²) >= 11 is 0. The minimum atomic E-state index is -0.748. The molecule has 0 saturated heterocycles. The van der Waals surface area contributed by atoms with Crippen LogP contribution < -0.4 is 10.6 Å². The smallest absolute Gasteiger partial charge is 0.319 e. The lowest BCUT2D eigenvalue weighted by molar-refractivity contribution is -0.130. The maximum Gasteiger partial charge on any atom is 0.319 e. The van der Waals surface area contributed by atoms with E-state index < -0.39 is 12.1 Å². The molecule has 1 atom stereocenters. The van der Waals surface area contributed by atoms with Gasteiger partial charge in [-0.2, -0.15) is 0 Å². The highest BCUT2D eigenvalue weighted by atomic mass is 16.5. The van der Waals surface area contributed by atoms with Crippen LogP contribution in [0, 0.1) is 0 Å². The highest BCUT2D eigenvalue weighted by molar-refractivity contribution is 5.92. The zero-order chi connectivity index (χ0) is 15.7. The van der Waals surface area contributed by atoms with E-state index in [1.54, 1.807) is 31.3 Å². The molecule has 0 fully saturated rings. The van der Waals surface area contributed by atoms with Gasteiger partial charge in [0.25, 0.3) is 0 Å². The number of nitrogens with one attached hydrogen (secondary N) is 2. The normalized spacial score (nSPS) is 11.6. The standard InChI is InChI=1S/C14H21N3O4/c1-17(9-12(18)10-21-2)13(19)8-15-14(20)16-11-6-4-3-5-7-11/h3-7,12,18H,8-10H2,1-2H3,(H2,15,16,20). The van der Waals surface area contributed by atoms with Crippen molar-refractivity contribution >= 4 is 17.6 Å². The van der Waals surface area contributed by atoms with Crippen molar-refractivity contribution in [2.45, 2.75) is 6.10 Å².